The summed E-state index contributed by atoms with van der Waals surface area (Å²) in [7, 11) is 0. The van der Waals surface area contributed by atoms with E-state index in [2.05, 4.69) is 5.32 Å². The Morgan fingerprint density at radius 3 is 3.17 bits per heavy atom. The van der Waals surface area contributed by atoms with E-state index in [1.54, 1.807) is 18.2 Å². The van der Waals surface area contributed by atoms with E-state index in [0.29, 0.717) is 12.1 Å². The molecule has 1 N–H and O–H groups in total. The Hall–Kier alpha value is -1.68. The summed E-state index contributed by atoms with van der Waals surface area (Å²) in [5.74, 6) is -0.494. The smallest absolute Gasteiger partial charge is 0.244 e. The van der Waals surface area contributed by atoms with Crippen molar-refractivity contribution in [2.75, 3.05) is 13.2 Å². The molecule has 1 aromatic carbocycles. The van der Waals surface area contributed by atoms with E-state index >= 15 is 0 Å². The molecule has 1 saturated heterocycles. The quantitative estimate of drug-likeness (QED) is 0.830. The fraction of sp³-hybridized carbons (Fsp3) is 0.357. The number of rotatable bonds is 4. The van der Waals surface area contributed by atoms with Crippen molar-refractivity contribution in [2.24, 2.45) is 0 Å². The van der Waals surface area contributed by atoms with Gasteiger partial charge in [-0.3, -0.25) is 4.79 Å². The maximum Gasteiger partial charge on any atom is 0.244 e. The molecule has 0 spiro atoms. The number of ether oxygens (including phenoxy) is 1. The molecule has 18 heavy (non-hydrogen) atoms. The van der Waals surface area contributed by atoms with Crippen LogP contribution >= 0.6 is 0 Å². The van der Waals surface area contributed by atoms with Crippen molar-refractivity contribution < 1.29 is 13.9 Å². The fourth-order valence-corrected chi connectivity index (χ4v) is 1.86. The van der Waals surface area contributed by atoms with Gasteiger partial charge in [-0.25, -0.2) is 4.39 Å². The zero-order valence-corrected chi connectivity index (χ0v) is 10.1. The number of carbonyl (C=O) groups excluding carboxylic acids is 1. The van der Waals surface area contributed by atoms with Crippen LogP contribution in [0.3, 0.4) is 0 Å². The Labute approximate surface area is 106 Å². The molecule has 1 atom stereocenters. The molecule has 0 aromatic heterocycles. The van der Waals surface area contributed by atoms with Crippen molar-refractivity contribution in [1.82, 2.24) is 5.32 Å². The van der Waals surface area contributed by atoms with Gasteiger partial charge in [-0.15, -0.1) is 0 Å². The lowest BCUT2D eigenvalue weighted by Gasteiger charge is -2.08. The average Bonchev–Trinajstić information content (AvgIpc) is 2.87. The molecule has 1 aromatic rings. The molecule has 1 aliphatic rings. The van der Waals surface area contributed by atoms with E-state index < -0.39 is 0 Å². The van der Waals surface area contributed by atoms with Crippen LogP contribution in [-0.4, -0.2) is 25.2 Å². The number of benzene rings is 1. The van der Waals surface area contributed by atoms with Gasteiger partial charge >= 0.3 is 0 Å². The molecule has 3 nitrogen and oxygen atoms in total. The van der Waals surface area contributed by atoms with Gasteiger partial charge in [-0.2, -0.15) is 0 Å². The van der Waals surface area contributed by atoms with Gasteiger partial charge in [-0.05, 0) is 36.6 Å². The topological polar surface area (TPSA) is 38.3 Å². The number of amides is 1. The van der Waals surface area contributed by atoms with E-state index in [0.717, 1.165) is 19.4 Å². The fourth-order valence-electron chi connectivity index (χ4n) is 1.86. The van der Waals surface area contributed by atoms with Gasteiger partial charge in [0.1, 0.15) is 5.82 Å². The van der Waals surface area contributed by atoms with Gasteiger partial charge in [-0.1, -0.05) is 12.1 Å². The molecule has 2 rings (SSSR count). The highest BCUT2D eigenvalue weighted by atomic mass is 19.1. The summed E-state index contributed by atoms with van der Waals surface area (Å²) >= 11 is 0. The van der Waals surface area contributed by atoms with Crippen molar-refractivity contribution in [3.05, 3.63) is 41.7 Å². The lowest BCUT2D eigenvalue weighted by atomic mass is 10.2. The summed E-state index contributed by atoms with van der Waals surface area (Å²) < 4.78 is 18.3. The second-order valence-electron chi connectivity index (χ2n) is 4.27. The van der Waals surface area contributed by atoms with Crippen LogP contribution in [0.15, 0.2) is 30.3 Å². The third-order valence-corrected chi connectivity index (χ3v) is 2.80. The summed E-state index contributed by atoms with van der Waals surface area (Å²) in [4.78, 5) is 11.5. The summed E-state index contributed by atoms with van der Waals surface area (Å²) in [6, 6.07) is 6.10. The molecule has 1 fully saturated rings. The van der Waals surface area contributed by atoms with Crippen LogP contribution in [0.25, 0.3) is 6.08 Å². The van der Waals surface area contributed by atoms with Crippen LogP contribution in [0.2, 0.25) is 0 Å². The number of hydrogen-bond acceptors (Lipinski definition) is 2. The molecule has 0 bridgehead atoms. The first kappa shape index (κ1) is 12.8. The summed E-state index contributed by atoms with van der Waals surface area (Å²) in [6.07, 6.45) is 5.18. The second-order valence-corrected chi connectivity index (χ2v) is 4.27. The predicted molar refractivity (Wildman–Crippen MR) is 67.4 cm³/mol. The van der Waals surface area contributed by atoms with Crippen LogP contribution in [0, 0.1) is 5.82 Å². The average molecular weight is 249 g/mol. The highest BCUT2D eigenvalue weighted by Gasteiger charge is 2.15. The third-order valence-electron chi connectivity index (χ3n) is 2.80. The molecule has 0 saturated carbocycles. The Balaban J connectivity index is 1.79. The van der Waals surface area contributed by atoms with E-state index in [1.165, 1.54) is 18.2 Å². The minimum atomic E-state index is -0.308. The Morgan fingerprint density at radius 1 is 1.56 bits per heavy atom. The van der Waals surface area contributed by atoms with Crippen molar-refractivity contribution in [1.29, 1.82) is 0 Å². The first-order valence-electron chi connectivity index (χ1n) is 6.07. The zero-order chi connectivity index (χ0) is 12.8. The van der Waals surface area contributed by atoms with Crippen molar-refractivity contribution >= 4 is 12.0 Å². The molecule has 4 heteroatoms. The molecule has 1 amide bonds. The SMILES string of the molecule is O=C(/C=C/c1cccc(F)c1)NCC1CCCO1. The number of carbonyl (C=O) groups is 1. The maximum absolute atomic E-state index is 12.9. The summed E-state index contributed by atoms with van der Waals surface area (Å²) in [5, 5.41) is 2.76. The molecule has 1 unspecified atom stereocenters. The Morgan fingerprint density at radius 2 is 2.44 bits per heavy atom. The van der Waals surface area contributed by atoms with Crippen LogP contribution in [0.1, 0.15) is 18.4 Å². The van der Waals surface area contributed by atoms with Crippen LogP contribution < -0.4 is 5.32 Å². The lowest BCUT2D eigenvalue weighted by Crippen LogP contribution is -2.30. The molecular weight excluding hydrogens is 233 g/mol. The predicted octanol–water partition coefficient (Wildman–Crippen LogP) is 2.13. The number of hydrogen-bond donors (Lipinski definition) is 1. The standard InChI is InChI=1S/C14H16FNO2/c15-12-4-1-3-11(9-12)6-7-14(17)16-10-13-5-2-8-18-13/h1,3-4,6-7,9,13H,2,5,8,10H2,(H,16,17)/b7-6+. The van der Waals surface area contributed by atoms with Crippen molar-refractivity contribution in [3.8, 4) is 0 Å². The Bertz CT molecular complexity index is 439. The van der Waals surface area contributed by atoms with E-state index in [-0.39, 0.29) is 17.8 Å². The molecule has 1 aliphatic heterocycles. The van der Waals surface area contributed by atoms with Gasteiger partial charge in [0, 0.05) is 19.2 Å². The lowest BCUT2D eigenvalue weighted by molar-refractivity contribution is -0.116. The van der Waals surface area contributed by atoms with Gasteiger partial charge in [0.2, 0.25) is 5.91 Å². The van der Waals surface area contributed by atoms with E-state index in [1.807, 2.05) is 0 Å². The molecule has 0 aliphatic carbocycles. The largest absolute Gasteiger partial charge is 0.376 e. The van der Waals surface area contributed by atoms with Crippen LogP contribution in [0.4, 0.5) is 4.39 Å². The third kappa shape index (κ3) is 3.96. The number of halogens is 1. The van der Waals surface area contributed by atoms with Gasteiger partial charge in [0.25, 0.3) is 0 Å². The van der Waals surface area contributed by atoms with Gasteiger partial charge < -0.3 is 10.1 Å². The van der Waals surface area contributed by atoms with Crippen LogP contribution in [-0.2, 0) is 9.53 Å². The molecule has 96 valence electrons. The summed E-state index contributed by atoms with van der Waals surface area (Å²) in [6.45, 7) is 1.31. The summed E-state index contributed by atoms with van der Waals surface area (Å²) in [5.41, 5.74) is 0.669. The Kier molecular flexibility index (Phi) is 4.47. The van der Waals surface area contributed by atoms with E-state index in [9.17, 15) is 9.18 Å². The highest BCUT2D eigenvalue weighted by molar-refractivity contribution is 5.91. The van der Waals surface area contributed by atoms with E-state index in [4.69, 9.17) is 4.74 Å². The maximum atomic E-state index is 12.9. The van der Waals surface area contributed by atoms with Crippen LogP contribution in [0.5, 0.6) is 0 Å². The first-order chi connectivity index (χ1) is 8.74. The van der Waals surface area contributed by atoms with Gasteiger partial charge in [0.05, 0.1) is 6.10 Å². The van der Waals surface area contributed by atoms with Crippen molar-refractivity contribution in [2.45, 2.75) is 18.9 Å². The van der Waals surface area contributed by atoms with Gasteiger partial charge in [0.15, 0.2) is 0 Å². The van der Waals surface area contributed by atoms with Crippen molar-refractivity contribution in [3.63, 3.8) is 0 Å². The molecule has 1 heterocycles. The monoisotopic (exact) mass is 249 g/mol. The number of nitrogens with one attached hydrogen (secondary N) is 1. The first-order valence-corrected chi connectivity index (χ1v) is 6.07. The highest BCUT2D eigenvalue weighted by Crippen LogP contribution is 2.10. The molecule has 0 radical (unpaired) electrons. The zero-order valence-electron chi connectivity index (χ0n) is 10.1. The minimum Gasteiger partial charge on any atom is -0.376 e. The molecular formula is C14H16FNO2. The second kappa shape index (κ2) is 6.31. The minimum absolute atomic E-state index is 0.136. The normalized spacial score (nSPS) is 19.3.